The van der Waals surface area contributed by atoms with Crippen molar-refractivity contribution in [1.29, 1.82) is 0 Å². The van der Waals surface area contributed by atoms with Crippen LogP contribution in [0.4, 0.5) is 0 Å². The Bertz CT molecular complexity index is 317. The molecule has 19 heavy (non-hydrogen) atoms. The molecule has 2 saturated carbocycles. The van der Waals surface area contributed by atoms with Gasteiger partial charge in [0.2, 0.25) is 5.91 Å². The molecule has 3 nitrogen and oxygen atoms in total. The number of hydrogen-bond acceptors (Lipinski definition) is 2. The molecule has 2 N–H and O–H groups in total. The molecule has 5 unspecified atom stereocenters. The van der Waals surface area contributed by atoms with E-state index in [1.165, 1.54) is 25.7 Å². The fourth-order valence-corrected chi connectivity index (χ4v) is 4.36. The van der Waals surface area contributed by atoms with Crippen LogP contribution < -0.4 is 10.6 Å². The molecule has 1 saturated heterocycles. The van der Waals surface area contributed by atoms with Crippen LogP contribution in [0.3, 0.4) is 0 Å². The van der Waals surface area contributed by atoms with Gasteiger partial charge in [-0.1, -0.05) is 13.3 Å². The second kappa shape index (κ2) is 6.45. The highest BCUT2D eigenvalue weighted by molar-refractivity contribution is 5.85. The minimum atomic E-state index is 0. The Hall–Kier alpha value is -0.280. The first kappa shape index (κ1) is 15.1. The third-order valence-corrected chi connectivity index (χ3v) is 5.46. The van der Waals surface area contributed by atoms with Crippen LogP contribution >= 0.6 is 12.4 Å². The standard InChI is InChI=1S/C15H26N2O.ClH/c1-10-9-16-5-4-14(10)17-15(18)8-13-7-11-2-3-12(13)6-11;/h10-14,16H,2-9H2,1H3,(H,17,18);1H. The van der Waals surface area contributed by atoms with Crippen molar-refractivity contribution < 1.29 is 4.79 Å². The summed E-state index contributed by atoms with van der Waals surface area (Å²) in [7, 11) is 0. The Balaban J connectivity index is 0.00000133. The summed E-state index contributed by atoms with van der Waals surface area (Å²) in [6, 6.07) is 0.400. The highest BCUT2D eigenvalue weighted by Gasteiger charge is 2.40. The van der Waals surface area contributed by atoms with Crippen LogP contribution in [0.5, 0.6) is 0 Å². The summed E-state index contributed by atoms with van der Waals surface area (Å²) >= 11 is 0. The van der Waals surface area contributed by atoms with Gasteiger partial charge in [0.25, 0.3) is 0 Å². The summed E-state index contributed by atoms with van der Waals surface area (Å²) in [4.78, 5) is 12.2. The van der Waals surface area contributed by atoms with Gasteiger partial charge in [0, 0.05) is 12.5 Å². The molecule has 1 heterocycles. The van der Waals surface area contributed by atoms with E-state index < -0.39 is 0 Å². The average Bonchev–Trinajstić information content (AvgIpc) is 2.94. The summed E-state index contributed by atoms with van der Waals surface area (Å²) in [5.74, 6) is 3.40. The normalized spacial score (nSPS) is 40.8. The molecule has 0 aromatic rings. The van der Waals surface area contributed by atoms with Gasteiger partial charge in [0.05, 0.1) is 0 Å². The number of piperidine rings is 1. The number of halogens is 1. The molecule has 3 rings (SSSR count). The topological polar surface area (TPSA) is 41.1 Å². The van der Waals surface area contributed by atoms with Crippen LogP contribution in [0.15, 0.2) is 0 Å². The number of carbonyl (C=O) groups excluding carboxylic acids is 1. The lowest BCUT2D eigenvalue weighted by Gasteiger charge is -2.31. The van der Waals surface area contributed by atoms with Crippen molar-refractivity contribution in [3.05, 3.63) is 0 Å². The molecular weight excluding hydrogens is 260 g/mol. The van der Waals surface area contributed by atoms with Gasteiger partial charge >= 0.3 is 0 Å². The largest absolute Gasteiger partial charge is 0.353 e. The SMILES string of the molecule is CC1CNCCC1NC(=O)CC1CC2CCC1C2.Cl. The maximum absolute atomic E-state index is 12.2. The van der Waals surface area contributed by atoms with Crippen molar-refractivity contribution in [3.63, 3.8) is 0 Å². The van der Waals surface area contributed by atoms with E-state index in [4.69, 9.17) is 0 Å². The van der Waals surface area contributed by atoms with Crippen LogP contribution in [-0.4, -0.2) is 25.0 Å². The van der Waals surface area contributed by atoms with Crippen molar-refractivity contribution in [3.8, 4) is 0 Å². The smallest absolute Gasteiger partial charge is 0.220 e. The molecule has 0 spiro atoms. The summed E-state index contributed by atoms with van der Waals surface area (Å²) < 4.78 is 0. The van der Waals surface area contributed by atoms with Crippen molar-refractivity contribution in [2.45, 2.75) is 51.5 Å². The first-order valence-electron chi connectivity index (χ1n) is 7.72. The van der Waals surface area contributed by atoms with Crippen molar-refractivity contribution >= 4 is 18.3 Å². The Morgan fingerprint density at radius 2 is 2.11 bits per heavy atom. The summed E-state index contributed by atoms with van der Waals surface area (Å²) in [5, 5.41) is 6.66. The van der Waals surface area contributed by atoms with Gasteiger partial charge in [-0.3, -0.25) is 4.79 Å². The number of rotatable bonds is 3. The molecule has 110 valence electrons. The fourth-order valence-electron chi connectivity index (χ4n) is 4.36. The predicted octanol–water partition coefficient (Wildman–Crippen LogP) is 2.35. The van der Waals surface area contributed by atoms with Crippen molar-refractivity contribution in [2.75, 3.05) is 13.1 Å². The number of nitrogens with one attached hydrogen (secondary N) is 2. The van der Waals surface area contributed by atoms with Gasteiger partial charge in [-0.15, -0.1) is 12.4 Å². The third kappa shape index (κ3) is 3.43. The quantitative estimate of drug-likeness (QED) is 0.836. The summed E-state index contributed by atoms with van der Waals surface area (Å²) in [5.41, 5.74) is 0. The molecule has 1 amide bonds. The summed E-state index contributed by atoms with van der Waals surface area (Å²) in [6.45, 7) is 4.32. The molecule has 0 aromatic carbocycles. The zero-order valence-electron chi connectivity index (χ0n) is 11.9. The highest BCUT2D eigenvalue weighted by atomic mass is 35.5. The van der Waals surface area contributed by atoms with Gasteiger partial charge in [-0.25, -0.2) is 0 Å². The lowest BCUT2D eigenvalue weighted by Crippen LogP contribution is -2.48. The van der Waals surface area contributed by atoms with Crippen molar-refractivity contribution in [1.82, 2.24) is 10.6 Å². The second-order valence-electron chi connectivity index (χ2n) is 6.78. The monoisotopic (exact) mass is 286 g/mol. The maximum Gasteiger partial charge on any atom is 0.220 e. The number of amides is 1. The molecule has 3 aliphatic rings. The van der Waals surface area contributed by atoms with Gasteiger partial charge in [-0.05, 0) is 62.4 Å². The minimum Gasteiger partial charge on any atom is -0.353 e. The number of fused-ring (bicyclic) bond motifs is 2. The van der Waals surface area contributed by atoms with E-state index in [1.54, 1.807) is 0 Å². The van der Waals surface area contributed by atoms with E-state index in [2.05, 4.69) is 17.6 Å². The molecule has 2 bridgehead atoms. The Morgan fingerprint density at radius 1 is 1.26 bits per heavy atom. The van der Waals surface area contributed by atoms with Gasteiger partial charge in [0.15, 0.2) is 0 Å². The van der Waals surface area contributed by atoms with E-state index in [1.807, 2.05) is 0 Å². The van der Waals surface area contributed by atoms with Crippen LogP contribution in [-0.2, 0) is 4.79 Å². The molecule has 0 radical (unpaired) electrons. The fraction of sp³-hybridized carbons (Fsp3) is 0.933. The van der Waals surface area contributed by atoms with E-state index in [9.17, 15) is 4.79 Å². The average molecular weight is 287 g/mol. The van der Waals surface area contributed by atoms with Crippen LogP contribution in [0.1, 0.15) is 45.4 Å². The molecule has 1 aliphatic heterocycles. The predicted molar refractivity (Wildman–Crippen MR) is 79.4 cm³/mol. The van der Waals surface area contributed by atoms with E-state index in [-0.39, 0.29) is 12.4 Å². The zero-order valence-corrected chi connectivity index (χ0v) is 12.7. The molecule has 4 heteroatoms. The number of carbonyl (C=O) groups is 1. The first-order chi connectivity index (χ1) is 8.72. The molecule has 5 atom stereocenters. The van der Waals surface area contributed by atoms with E-state index >= 15 is 0 Å². The van der Waals surface area contributed by atoms with E-state index in [0.29, 0.717) is 23.8 Å². The lowest BCUT2D eigenvalue weighted by atomic mass is 9.86. The van der Waals surface area contributed by atoms with Gasteiger partial charge < -0.3 is 10.6 Å². The Labute approximate surface area is 122 Å². The Kier molecular flexibility index (Phi) is 5.13. The molecule has 3 fully saturated rings. The summed E-state index contributed by atoms with van der Waals surface area (Å²) in [6.07, 6.45) is 7.41. The lowest BCUT2D eigenvalue weighted by molar-refractivity contribution is -0.123. The molecular formula is C15H27ClN2O. The van der Waals surface area contributed by atoms with Gasteiger partial charge in [-0.2, -0.15) is 0 Å². The first-order valence-corrected chi connectivity index (χ1v) is 7.72. The van der Waals surface area contributed by atoms with Crippen LogP contribution in [0.2, 0.25) is 0 Å². The minimum absolute atomic E-state index is 0. The molecule has 2 aliphatic carbocycles. The highest BCUT2D eigenvalue weighted by Crippen LogP contribution is 2.49. The number of hydrogen-bond donors (Lipinski definition) is 2. The van der Waals surface area contributed by atoms with Crippen molar-refractivity contribution in [2.24, 2.45) is 23.7 Å². The maximum atomic E-state index is 12.2. The van der Waals surface area contributed by atoms with Crippen LogP contribution in [0.25, 0.3) is 0 Å². The Morgan fingerprint density at radius 3 is 2.74 bits per heavy atom. The second-order valence-corrected chi connectivity index (χ2v) is 6.78. The van der Waals surface area contributed by atoms with Gasteiger partial charge in [0.1, 0.15) is 0 Å². The van der Waals surface area contributed by atoms with E-state index in [0.717, 1.165) is 37.8 Å². The molecule has 0 aromatic heterocycles. The van der Waals surface area contributed by atoms with Crippen LogP contribution in [0, 0.1) is 23.7 Å². The third-order valence-electron chi connectivity index (χ3n) is 5.46. The zero-order chi connectivity index (χ0) is 12.5.